The van der Waals surface area contributed by atoms with Crippen LogP contribution in [-0.4, -0.2) is 37.3 Å². The van der Waals surface area contributed by atoms with Crippen molar-refractivity contribution in [2.45, 2.75) is 37.6 Å². The second-order valence-electron chi connectivity index (χ2n) is 5.79. The van der Waals surface area contributed by atoms with E-state index in [9.17, 15) is 27.2 Å². The average molecular weight is 372 g/mol. The molecule has 10 heteroatoms. The number of amides is 2. The molecule has 2 rings (SSSR count). The van der Waals surface area contributed by atoms with Crippen LogP contribution in [0.2, 0.25) is 0 Å². The van der Waals surface area contributed by atoms with Crippen LogP contribution in [0, 0.1) is 11.7 Å². The smallest absolute Gasteiger partial charge is 0.329 e. The number of benzene rings is 1. The van der Waals surface area contributed by atoms with E-state index in [0.717, 1.165) is 24.3 Å². The van der Waals surface area contributed by atoms with Gasteiger partial charge in [-0.05, 0) is 30.2 Å². The molecule has 2 amide bonds. The number of hydrogen-bond donors (Lipinski definition) is 1. The summed E-state index contributed by atoms with van der Waals surface area (Å²) in [7, 11) is -4.13. The lowest BCUT2D eigenvalue weighted by Crippen LogP contribution is -2.48. The van der Waals surface area contributed by atoms with E-state index in [1.54, 1.807) is 13.8 Å². The molecule has 1 saturated heterocycles. The summed E-state index contributed by atoms with van der Waals surface area (Å²) < 4.78 is 39.8. The van der Waals surface area contributed by atoms with Crippen molar-refractivity contribution >= 4 is 27.8 Å². The summed E-state index contributed by atoms with van der Waals surface area (Å²) in [6, 6.07) is 2.70. The van der Waals surface area contributed by atoms with Crippen molar-refractivity contribution in [1.82, 2.24) is 9.79 Å². The number of carbonyl (C=O) groups excluding carboxylic acids is 3. The van der Waals surface area contributed by atoms with Gasteiger partial charge in [0.1, 0.15) is 11.9 Å². The first-order chi connectivity index (χ1) is 11.6. The maximum absolute atomic E-state index is 12.9. The third-order valence-electron chi connectivity index (χ3n) is 3.51. The predicted molar refractivity (Wildman–Crippen MR) is 82.5 cm³/mol. The van der Waals surface area contributed by atoms with Gasteiger partial charge in [0.05, 0.1) is 4.90 Å². The highest BCUT2D eigenvalue weighted by Gasteiger charge is 2.37. The van der Waals surface area contributed by atoms with Crippen molar-refractivity contribution in [1.29, 1.82) is 0 Å². The van der Waals surface area contributed by atoms with Crippen LogP contribution < -0.4 is 4.72 Å². The third-order valence-corrected chi connectivity index (χ3v) is 4.97. The molecule has 0 radical (unpaired) electrons. The number of carbonyl (C=O) groups is 3. The van der Waals surface area contributed by atoms with Crippen molar-refractivity contribution in [2.75, 3.05) is 0 Å². The van der Waals surface area contributed by atoms with Crippen molar-refractivity contribution in [2.24, 2.45) is 5.92 Å². The fraction of sp³-hybridized carbons (Fsp3) is 0.400. The highest BCUT2D eigenvalue weighted by atomic mass is 32.2. The van der Waals surface area contributed by atoms with E-state index in [-0.39, 0.29) is 17.7 Å². The summed E-state index contributed by atoms with van der Waals surface area (Å²) in [6.07, 6.45) is -0.139. The zero-order valence-electron chi connectivity index (χ0n) is 13.6. The fourth-order valence-corrected chi connectivity index (χ4v) is 3.44. The Labute approximate surface area is 143 Å². The van der Waals surface area contributed by atoms with Crippen molar-refractivity contribution < 1.29 is 32.0 Å². The molecule has 0 aromatic heterocycles. The Bertz CT molecular complexity index is 775. The largest absolute Gasteiger partial charge is 0.351 e. The second kappa shape index (κ2) is 7.28. The lowest BCUT2D eigenvalue weighted by Gasteiger charge is -2.22. The van der Waals surface area contributed by atoms with Crippen LogP contribution in [0.15, 0.2) is 29.2 Å². The van der Waals surface area contributed by atoms with Gasteiger partial charge in [0.25, 0.3) is 11.8 Å². The summed E-state index contributed by atoms with van der Waals surface area (Å²) in [5, 5.41) is 0.351. The van der Waals surface area contributed by atoms with Crippen molar-refractivity contribution in [3.05, 3.63) is 30.1 Å². The minimum Gasteiger partial charge on any atom is -0.329 e. The molecule has 0 unspecified atom stereocenters. The van der Waals surface area contributed by atoms with Gasteiger partial charge >= 0.3 is 5.97 Å². The summed E-state index contributed by atoms with van der Waals surface area (Å²) >= 11 is 0. The van der Waals surface area contributed by atoms with Gasteiger partial charge in [0.2, 0.25) is 10.0 Å². The highest BCUT2D eigenvalue weighted by Crippen LogP contribution is 2.17. The van der Waals surface area contributed by atoms with Crippen LogP contribution in [0.4, 0.5) is 4.39 Å². The van der Waals surface area contributed by atoms with Crippen LogP contribution in [0.25, 0.3) is 0 Å². The molecule has 1 aliphatic rings. The molecule has 1 aromatic rings. The third kappa shape index (κ3) is 4.40. The van der Waals surface area contributed by atoms with Crippen LogP contribution in [-0.2, 0) is 29.2 Å². The Hall–Kier alpha value is -2.33. The maximum Gasteiger partial charge on any atom is 0.351 e. The Morgan fingerprint density at radius 3 is 2.16 bits per heavy atom. The van der Waals surface area contributed by atoms with Crippen molar-refractivity contribution in [3.8, 4) is 0 Å². The van der Waals surface area contributed by atoms with Crippen LogP contribution in [0.5, 0.6) is 0 Å². The van der Waals surface area contributed by atoms with Gasteiger partial charge in [-0.2, -0.15) is 4.72 Å². The number of nitrogens with one attached hydrogen (secondary N) is 1. The van der Waals surface area contributed by atoms with E-state index in [1.807, 2.05) is 0 Å². The quantitative estimate of drug-likeness (QED) is 0.738. The van der Waals surface area contributed by atoms with Gasteiger partial charge in [-0.15, -0.1) is 5.06 Å². The topological polar surface area (TPSA) is 110 Å². The average Bonchev–Trinajstić information content (AvgIpc) is 2.84. The van der Waals surface area contributed by atoms with Gasteiger partial charge < -0.3 is 4.84 Å². The normalized spacial score (nSPS) is 16.4. The minimum atomic E-state index is -4.13. The minimum absolute atomic E-state index is 0.0697. The molecule has 0 bridgehead atoms. The van der Waals surface area contributed by atoms with E-state index >= 15 is 0 Å². The van der Waals surface area contributed by atoms with Crippen LogP contribution in [0.1, 0.15) is 26.7 Å². The van der Waals surface area contributed by atoms with E-state index < -0.39 is 45.6 Å². The van der Waals surface area contributed by atoms with E-state index in [0.29, 0.717) is 5.06 Å². The fourth-order valence-electron chi connectivity index (χ4n) is 2.11. The first-order valence-corrected chi connectivity index (χ1v) is 8.95. The Morgan fingerprint density at radius 2 is 1.68 bits per heavy atom. The lowest BCUT2D eigenvalue weighted by atomic mass is 10.1. The van der Waals surface area contributed by atoms with Crippen molar-refractivity contribution in [3.63, 3.8) is 0 Å². The summed E-state index contributed by atoms with van der Waals surface area (Å²) in [5.74, 6) is -3.55. The monoisotopic (exact) mass is 372 g/mol. The second-order valence-corrected chi connectivity index (χ2v) is 7.50. The standard InChI is InChI=1S/C15H17FN2O6S/c1-9(2)14(15(21)24-18-12(19)7-8-13(18)20)17-25(22,23)11-5-3-10(16)4-6-11/h3-6,9,14,17H,7-8H2,1-2H3/t14-/m0/s1. The Kier molecular flexibility index (Phi) is 5.53. The van der Waals surface area contributed by atoms with E-state index in [4.69, 9.17) is 4.84 Å². The molecule has 0 saturated carbocycles. The molecule has 25 heavy (non-hydrogen) atoms. The Balaban J connectivity index is 2.17. The number of halogens is 1. The van der Waals surface area contributed by atoms with Gasteiger partial charge in [0.15, 0.2) is 0 Å². The summed E-state index contributed by atoms with van der Waals surface area (Å²) in [5.41, 5.74) is 0. The molecule has 136 valence electrons. The highest BCUT2D eigenvalue weighted by molar-refractivity contribution is 7.89. The van der Waals surface area contributed by atoms with Gasteiger partial charge in [0, 0.05) is 12.8 Å². The van der Waals surface area contributed by atoms with E-state index in [2.05, 4.69) is 4.72 Å². The molecule has 1 aliphatic heterocycles. The number of rotatable bonds is 6. The number of imide groups is 1. The van der Waals surface area contributed by atoms with Crippen LogP contribution in [0.3, 0.4) is 0 Å². The molecule has 8 nitrogen and oxygen atoms in total. The molecule has 0 aliphatic carbocycles. The van der Waals surface area contributed by atoms with E-state index in [1.165, 1.54) is 0 Å². The molecule has 1 fully saturated rings. The number of sulfonamides is 1. The molecular weight excluding hydrogens is 355 g/mol. The summed E-state index contributed by atoms with van der Waals surface area (Å²) in [6.45, 7) is 3.12. The number of hydroxylamine groups is 2. The Morgan fingerprint density at radius 1 is 1.16 bits per heavy atom. The van der Waals surface area contributed by atoms with Gasteiger partial charge in [-0.1, -0.05) is 13.8 Å². The zero-order valence-corrected chi connectivity index (χ0v) is 14.4. The van der Waals surface area contributed by atoms with Gasteiger partial charge in [-0.25, -0.2) is 17.6 Å². The first kappa shape index (κ1) is 19.0. The predicted octanol–water partition coefficient (Wildman–Crippen LogP) is 0.736. The number of nitrogens with zero attached hydrogens (tertiary/aromatic N) is 1. The van der Waals surface area contributed by atoms with Gasteiger partial charge in [-0.3, -0.25) is 9.59 Å². The molecular formula is C15H17FN2O6S. The van der Waals surface area contributed by atoms with Crippen LogP contribution >= 0.6 is 0 Å². The molecule has 1 heterocycles. The summed E-state index contributed by atoms with van der Waals surface area (Å²) in [4.78, 5) is 39.8. The first-order valence-electron chi connectivity index (χ1n) is 7.47. The molecule has 0 spiro atoms. The molecule has 1 aromatic carbocycles. The molecule has 1 N–H and O–H groups in total. The lowest BCUT2D eigenvalue weighted by molar-refractivity contribution is -0.199. The molecule has 1 atom stereocenters. The zero-order chi connectivity index (χ0) is 18.8. The number of hydrogen-bond acceptors (Lipinski definition) is 6. The SMILES string of the molecule is CC(C)[C@H](NS(=O)(=O)c1ccc(F)cc1)C(=O)ON1C(=O)CCC1=O. The maximum atomic E-state index is 12.9.